The molecule has 2 aromatic carbocycles. The Morgan fingerprint density at radius 2 is 1.50 bits per heavy atom. The van der Waals surface area contributed by atoms with Crippen LogP contribution in [0.5, 0.6) is 0 Å². The van der Waals surface area contributed by atoms with Crippen LogP contribution in [0.3, 0.4) is 0 Å². The van der Waals surface area contributed by atoms with Crippen molar-refractivity contribution in [3.05, 3.63) is 71.5 Å². The number of Topliss-reactive ketones (excluding diaryl/α,β-unsaturated/α-hetero) is 1. The van der Waals surface area contributed by atoms with Crippen LogP contribution < -0.4 is 0 Å². The van der Waals surface area contributed by atoms with E-state index in [-0.39, 0.29) is 18.1 Å². The van der Waals surface area contributed by atoms with Gasteiger partial charge < -0.3 is 0 Å². The fourth-order valence-electron chi connectivity index (χ4n) is 2.52. The minimum absolute atomic E-state index is 0.0760. The van der Waals surface area contributed by atoms with Gasteiger partial charge in [-0.15, -0.1) is 0 Å². The molecule has 0 amide bonds. The number of aromatic nitrogens is 2. The van der Waals surface area contributed by atoms with Gasteiger partial charge in [0, 0.05) is 5.56 Å². The summed E-state index contributed by atoms with van der Waals surface area (Å²) in [5.74, 6) is 0.308. The van der Waals surface area contributed by atoms with Crippen LogP contribution in [0, 0.1) is 0 Å². The summed E-state index contributed by atoms with van der Waals surface area (Å²) in [7, 11) is 0. The minimum atomic E-state index is 0.0760. The molecule has 0 fully saturated rings. The van der Waals surface area contributed by atoms with Crippen LogP contribution in [0.1, 0.15) is 41.5 Å². The molecule has 0 unspecified atom stereocenters. The van der Waals surface area contributed by atoms with E-state index in [1.165, 1.54) is 0 Å². The van der Waals surface area contributed by atoms with Gasteiger partial charge in [0.1, 0.15) is 0 Å². The van der Waals surface area contributed by atoms with Crippen LogP contribution in [-0.4, -0.2) is 15.8 Å². The lowest BCUT2D eigenvalue weighted by molar-refractivity contribution is 0.0991. The predicted molar refractivity (Wildman–Crippen MR) is 88.1 cm³/mol. The fourth-order valence-corrected chi connectivity index (χ4v) is 2.52. The van der Waals surface area contributed by atoms with Gasteiger partial charge in [0.25, 0.3) is 0 Å². The lowest BCUT2D eigenvalue weighted by Crippen LogP contribution is -2.10. The Morgan fingerprint density at radius 3 is 2.14 bits per heavy atom. The van der Waals surface area contributed by atoms with E-state index >= 15 is 0 Å². The number of carbonyl (C=O) groups excluding carboxylic acids is 1. The highest BCUT2D eigenvalue weighted by atomic mass is 16.1. The molecular weight excluding hydrogens is 272 g/mol. The molecule has 3 nitrogen and oxygen atoms in total. The first-order valence-corrected chi connectivity index (χ1v) is 7.49. The predicted octanol–water partition coefficient (Wildman–Crippen LogP) is 4.18. The van der Waals surface area contributed by atoms with E-state index < -0.39 is 0 Å². The first-order chi connectivity index (χ1) is 10.6. The quantitative estimate of drug-likeness (QED) is 0.677. The Bertz CT molecular complexity index is 810. The van der Waals surface area contributed by atoms with Gasteiger partial charge in [0.2, 0.25) is 0 Å². The van der Waals surface area contributed by atoms with E-state index in [1.54, 1.807) is 0 Å². The monoisotopic (exact) mass is 290 g/mol. The molecule has 0 spiro atoms. The van der Waals surface area contributed by atoms with E-state index in [0.29, 0.717) is 5.56 Å². The second-order valence-corrected chi connectivity index (χ2v) is 5.66. The summed E-state index contributed by atoms with van der Waals surface area (Å²) < 4.78 is 0. The highest BCUT2D eigenvalue weighted by Crippen LogP contribution is 2.21. The Labute approximate surface area is 130 Å². The maximum Gasteiger partial charge on any atom is 0.168 e. The third kappa shape index (κ3) is 2.89. The molecule has 0 aliphatic carbocycles. The Balaban J connectivity index is 2.02. The third-order valence-corrected chi connectivity index (χ3v) is 3.64. The molecule has 0 aliphatic rings. The number of ketones is 1. The van der Waals surface area contributed by atoms with Gasteiger partial charge in [-0.05, 0) is 18.1 Å². The molecule has 0 N–H and O–H groups in total. The molecular formula is C19H18N2O. The molecule has 1 aromatic heterocycles. The summed E-state index contributed by atoms with van der Waals surface area (Å²) >= 11 is 0. The molecule has 0 radical (unpaired) electrons. The fraction of sp³-hybridized carbons (Fsp3) is 0.211. The molecule has 0 aliphatic heterocycles. The zero-order valence-electron chi connectivity index (χ0n) is 12.8. The van der Waals surface area contributed by atoms with Gasteiger partial charge in [-0.2, -0.15) is 0 Å². The summed E-state index contributed by atoms with van der Waals surface area (Å²) in [6, 6.07) is 17.1. The van der Waals surface area contributed by atoms with Crippen molar-refractivity contribution in [3.8, 4) is 0 Å². The molecule has 3 rings (SSSR count). The van der Waals surface area contributed by atoms with Gasteiger partial charge in [-0.25, -0.2) is 9.97 Å². The molecule has 110 valence electrons. The second kappa shape index (κ2) is 6.06. The van der Waals surface area contributed by atoms with Crippen molar-refractivity contribution >= 4 is 16.8 Å². The number of nitrogens with zero attached hydrogens (tertiary/aromatic N) is 2. The summed E-state index contributed by atoms with van der Waals surface area (Å²) in [6.45, 7) is 4.16. The van der Waals surface area contributed by atoms with Gasteiger partial charge in [0.15, 0.2) is 5.78 Å². The van der Waals surface area contributed by atoms with Crippen molar-refractivity contribution in [1.29, 1.82) is 0 Å². The first kappa shape index (κ1) is 14.4. The van der Waals surface area contributed by atoms with Gasteiger partial charge >= 0.3 is 0 Å². The van der Waals surface area contributed by atoms with Crippen molar-refractivity contribution in [1.82, 2.24) is 9.97 Å². The smallest absolute Gasteiger partial charge is 0.168 e. The number of hydrogen-bond acceptors (Lipinski definition) is 3. The minimum Gasteiger partial charge on any atom is -0.294 e. The van der Waals surface area contributed by atoms with Crippen molar-refractivity contribution in [2.45, 2.75) is 26.2 Å². The van der Waals surface area contributed by atoms with Crippen LogP contribution in [0.2, 0.25) is 0 Å². The maximum atomic E-state index is 12.5. The van der Waals surface area contributed by atoms with E-state index in [2.05, 4.69) is 18.8 Å². The number of para-hydroxylation sites is 2. The highest BCUT2D eigenvalue weighted by molar-refractivity contribution is 5.97. The third-order valence-electron chi connectivity index (χ3n) is 3.64. The van der Waals surface area contributed by atoms with Gasteiger partial charge in [0.05, 0.1) is 28.8 Å². The number of fused-ring (bicyclic) bond motifs is 1. The summed E-state index contributed by atoms with van der Waals surface area (Å²) in [5.41, 5.74) is 4.11. The Hall–Kier alpha value is -2.55. The molecule has 0 saturated heterocycles. The average Bonchev–Trinajstić information content (AvgIpc) is 2.54. The molecule has 0 bridgehead atoms. The molecule has 22 heavy (non-hydrogen) atoms. The number of carbonyl (C=O) groups is 1. The van der Waals surface area contributed by atoms with Crippen molar-refractivity contribution in [2.24, 2.45) is 0 Å². The van der Waals surface area contributed by atoms with Crippen LogP contribution in [0.15, 0.2) is 54.6 Å². The number of benzene rings is 2. The van der Waals surface area contributed by atoms with E-state index in [4.69, 9.17) is 4.98 Å². The first-order valence-electron chi connectivity index (χ1n) is 7.49. The molecule has 3 aromatic rings. The van der Waals surface area contributed by atoms with Gasteiger partial charge in [-0.3, -0.25) is 4.79 Å². The second-order valence-electron chi connectivity index (χ2n) is 5.66. The largest absolute Gasteiger partial charge is 0.294 e. The van der Waals surface area contributed by atoms with Crippen molar-refractivity contribution in [3.63, 3.8) is 0 Å². The standard InChI is InChI=1S/C19H18N2O/c1-13(2)19-17(12-18(22)14-8-4-3-5-9-14)20-15-10-6-7-11-16(15)21-19/h3-11,13H,12H2,1-2H3. The summed E-state index contributed by atoms with van der Waals surface area (Å²) in [4.78, 5) is 21.8. The zero-order valence-corrected chi connectivity index (χ0v) is 12.8. The molecule has 0 saturated carbocycles. The maximum absolute atomic E-state index is 12.5. The van der Waals surface area contributed by atoms with Crippen LogP contribution in [-0.2, 0) is 6.42 Å². The molecule has 1 heterocycles. The number of hydrogen-bond donors (Lipinski definition) is 0. The molecule has 0 atom stereocenters. The van der Waals surface area contributed by atoms with Gasteiger partial charge in [-0.1, -0.05) is 56.3 Å². The van der Waals surface area contributed by atoms with E-state index in [1.807, 2.05) is 54.6 Å². The lowest BCUT2D eigenvalue weighted by Gasteiger charge is -2.12. The lowest BCUT2D eigenvalue weighted by atomic mass is 10.0. The van der Waals surface area contributed by atoms with Crippen LogP contribution >= 0.6 is 0 Å². The average molecular weight is 290 g/mol. The van der Waals surface area contributed by atoms with E-state index in [9.17, 15) is 4.79 Å². The SMILES string of the molecule is CC(C)c1nc2ccccc2nc1CC(=O)c1ccccc1. The van der Waals surface area contributed by atoms with Crippen molar-refractivity contribution < 1.29 is 4.79 Å². The Morgan fingerprint density at radius 1 is 0.909 bits per heavy atom. The van der Waals surface area contributed by atoms with Crippen molar-refractivity contribution in [2.75, 3.05) is 0 Å². The van der Waals surface area contributed by atoms with Crippen LogP contribution in [0.25, 0.3) is 11.0 Å². The Kier molecular flexibility index (Phi) is 3.96. The molecule has 3 heteroatoms. The zero-order chi connectivity index (χ0) is 15.5. The number of rotatable bonds is 4. The topological polar surface area (TPSA) is 42.9 Å². The van der Waals surface area contributed by atoms with Crippen LogP contribution in [0.4, 0.5) is 0 Å². The summed E-state index contributed by atoms with van der Waals surface area (Å²) in [5, 5.41) is 0. The summed E-state index contributed by atoms with van der Waals surface area (Å²) in [6.07, 6.45) is 0.287. The normalized spacial score (nSPS) is 11.0. The van der Waals surface area contributed by atoms with E-state index in [0.717, 1.165) is 22.4 Å². The highest BCUT2D eigenvalue weighted by Gasteiger charge is 2.16.